The molecular formula is C28H29Cl2N3O2S. The van der Waals surface area contributed by atoms with Crippen LogP contribution in [0.1, 0.15) is 61.5 Å². The summed E-state index contributed by atoms with van der Waals surface area (Å²) in [4.78, 5) is 17.8. The zero-order valence-electron chi connectivity index (χ0n) is 20.2. The summed E-state index contributed by atoms with van der Waals surface area (Å²) < 4.78 is 5.80. The standard InChI is InChI=1S/C28H29Cl2N3O2S/c1-2-3-4-5-6-7-15-35-23-13-11-20(12-14-23)16-22(18-31)27(34)33-28-32-19-24(36-28)17-21-9-8-10-25(29)26(21)30/h8-14,16,19H,2-7,15,17H2,1H3,(H,32,33,34)/b22-16+. The van der Waals surface area contributed by atoms with E-state index in [1.807, 2.05) is 42.5 Å². The third-order valence-electron chi connectivity index (χ3n) is 5.49. The average Bonchev–Trinajstić information content (AvgIpc) is 3.32. The Morgan fingerprint density at radius 1 is 1.11 bits per heavy atom. The Bertz CT molecular complexity index is 1220. The summed E-state index contributed by atoms with van der Waals surface area (Å²) in [5.41, 5.74) is 1.61. The molecule has 0 unspecified atom stereocenters. The first-order valence-corrected chi connectivity index (χ1v) is 13.6. The highest BCUT2D eigenvalue weighted by molar-refractivity contribution is 7.15. The van der Waals surface area contributed by atoms with Crippen LogP contribution in [0.25, 0.3) is 6.08 Å². The first-order valence-electron chi connectivity index (χ1n) is 12.0. The van der Waals surface area contributed by atoms with Crippen LogP contribution in [0.4, 0.5) is 5.13 Å². The van der Waals surface area contributed by atoms with E-state index >= 15 is 0 Å². The normalized spacial score (nSPS) is 11.2. The molecule has 1 N–H and O–H groups in total. The molecule has 5 nitrogen and oxygen atoms in total. The second kappa shape index (κ2) is 14.6. The second-order valence-corrected chi connectivity index (χ2v) is 10.2. The number of amides is 1. The smallest absolute Gasteiger partial charge is 0.268 e. The summed E-state index contributed by atoms with van der Waals surface area (Å²) in [5, 5.41) is 13.6. The molecule has 0 aliphatic rings. The van der Waals surface area contributed by atoms with E-state index in [-0.39, 0.29) is 5.57 Å². The van der Waals surface area contributed by atoms with Crippen molar-refractivity contribution >= 4 is 51.7 Å². The molecule has 0 fully saturated rings. The van der Waals surface area contributed by atoms with Crippen molar-refractivity contribution in [2.24, 2.45) is 0 Å². The van der Waals surface area contributed by atoms with E-state index in [1.165, 1.54) is 43.4 Å². The molecule has 0 saturated carbocycles. The molecule has 0 aliphatic carbocycles. The van der Waals surface area contributed by atoms with Gasteiger partial charge in [0.1, 0.15) is 17.4 Å². The van der Waals surface area contributed by atoms with Crippen LogP contribution in [-0.4, -0.2) is 17.5 Å². The van der Waals surface area contributed by atoms with Crippen LogP contribution in [0.2, 0.25) is 10.0 Å². The number of hydrogen-bond donors (Lipinski definition) is 1. The van der Waals surface area contributed by atoms with Crippen LogP contribution in [0, 0.1) is 11.3 Å². The monoisotopic (exact) mass is 541 g/mol. The molecule has 3 rings (SSSR count). The lowest BCUT2D eigenvalue weighted by molar-refractivity contribution is -0.112. The van der Waals surface area contributed by atoms with Gasteiger partial charge in [0, 0.05) is 17.5 Å². The Kier molecular flexibility index (Phi) is 11.3. The third kappa shape index (κ3) is 8.67. The fraction of sp³-hybridized carbons (Fsp3) is 0.321. The number of nitrogens with one attached hydrogen (secondary N) is 1. The fourth-order valence-electron chi connectivity index (χ4n) is 3.53. The van der Waals surface area contributed by atoms with Crippen LogP contribution in [0.3, 0.4) is 0 Å². The molecule has 0 saturated heterocycles. The summed E-state index contributed by atoms with van der Waals surface area (Å²) in [6.07, 6.45) is 11.1. The summed E-state index contributed by atoms with van der Waals surface area (Å²) in [7, 11) is 0. The van der Waals surface area contributed by atoms with E-state index < -0.39 is 5.91 Å². The highest BCUT2D eigenvalue weighted by atomic mass is 35.5. The highest BCUT2D eigenvalue weighted by Crippen LogP contribution is 2.29. The van der Waals surface area contributed by atoms with Gasteiger partial charge in [0.2, 0.25) is 0 Å². The van der Waals surface area contributed by atoms with Crippen molar-refractivity contribution < 1.29 is 9.53 Å². The zero-order valence-corrected chi connectivity index (χ0v) is 22.6. The van der Waals surface area contributed by atoms with E-state index in [0.29, 0.717) is 28.2 Å². The molecule has 3 aromatic rings. The van der Waals surface area contributed by atoms with E-state index in [2.05, 4.69) is 17.2 Å². The maximum atomic E-state index is 12.7. The van der Waals surface area contributed by atoms with E-state index in [4.69, 9.17) is 27.9 Å². The Morgan fingerprint density at radius 2 is 1.86 bits per heavy atom. The van der Waals surface area contributed by atoms with E-state index in [0.717, 1.165) is 28.2 Å². The largest absolute Gasteiger partial charge is 0.494 e. The van der Waals surface area contributed by atoms with Crippen molar-refractivity contribution in [1.29, 1.82) is 5.26 Å². The van der Waals surface area contributed by atoms with Gasteiger partial charge in [0.25, 0.3) is 5.91 Å². The first-order chi connectivity index (χ1) is 17.5. The van der Waals surface area contributed by atoms with Gasteiger partial charge in [-0.3, -0.25) is 10.1 Å². The molecule has 2 aromatic carbocycles. The molecular weight excluding hydrogens is 513 g/mol. The number of carbonyl (C=O) groups excluding carboxylic acids is 1. The molecule has 36 heavy (non-hydrogen) atoms. The summed E-state index contributed by atoms with van der Waals surface area (Å²) >= 11 is 13.7. The van der Waals surface area contributed by atoms with Crippen molar-refractivity contribution in [3.63, 3.8) is 0 Å². The Hall–Kier alpha value is -2.85. The SMILES string of the molecule is CCCCCCCCOc1ccc(/C=C(\C#N)C(=O)Nc2ncc(Cc3cccc(Cl)c3Cl)s2)cc1. The average molecular weight is 543 g/mol. The fourth-order valence-corrected chi connectivity index (χ4v) is 4.75. The number of nitriles is 1. The Balaban J connectivity index is 1.52. The number of benzene rings is 2. The van der Waals surface area contributed by atoms with Gasteiger partial charge in [-0.05, 0) is 41.8 Å². The predicted molar refractivity (Wildman–Crippen MR) is 149 cm³/mol. The topological polar surface area (TPSA) is 75.0 Å². The van der Waals surface area contributed by atoms with Crippen LogP contribution in [0.15, 0.2) is 54.2 Å². The minimum atomic E-state index is -0.511. The third-order valence-corrected chi connectivity index (χ3v) is 7.26. The summed E-state index contributed by atoms with van der Waals surface area (Å²) in [6, 6.07) is 14.8. The van der Waals surface area contributed by atoms with Crippen molar-refractivity contribution in [2.45, 2.75) is 51.9 Å². The minimum Gasteiger partial charge on any atom is -0.494 e. The lowest BCUT2D eigenvalue weighted by Crippen LogP contribution is -2.13. The molecule has 0 atom stereocenters. The molecule has 0 aliphatic heterocycles. The molecule has 0 spiro atoms. The number of anilines is 1. The molecule has 1 heterocycles. The van der Waals surface area contributed by atoms with Crippen molar-refractivity contribution in [2.75, 3.05) is 11.9 Å². The lowest BCUT2D eigenvalue weighted by Gasteiger charge is -2.06. The molecule has 1 aromatic heterocycles. The number of carbonyl (C=O) groups is 1. The van der Waals surface area contributed by atoms with Gasteiger partial charge >= 0.3 is 0 Å². The molecule has 0 radical (unpaired) electrons. The van der Waals surface area contributed by atoms with Crippen LogP contribution in [-0.2, 0) is 11.2 Å². The number of unbranched alkanes of at least 4 members (excludes halogenated alkanes) is 5. The summed E-state index contributed by atoms with van der Waals surface area (Å²) in [6.45, 7) is 2.90. The summed E-state index contributed by atoms with van der Waals surface area (Å²) in [5.74, 6) is 0.265. The number of nitrogens with zero attached hydrogens (tertiary/aromatic N) is 2. The van der Waals surface area contributed by atoms with Crippen LogP contribution >= 0.6 is 34.5 Å². The van der Waals surface area contributed by atoms with Crippen molar-refractivity contribution in [3.05, 3.63) is 80.3 Å². The van der Waals surface area contributed by atoms with Gasteiger partial charge in [-0.2, -0.15) is 5.26 Å². The van der Waals surface area contributed by atoms with Crippen LogP contribution in [0.5, 0.6) is 5.75 Å². The minimum absolute atomic E-state index is 0.00890. The number of halogens is 2. The van der Waals surface area contributed by atoms with Crippen LogP contribution < -0.4 is 10.1 Å². The van der Waals surface area contributed by atoms with Gasteiger partial charge in [-0.15, -0.1) is 11.3 Å². The highest BCUT2D eigenvalue weighted by Gasteiger charge is 2.13. The first kappa shape index (κ1) is 27.7. The number of hydrogen-bond acceptors (Lipinski definition) is 5. The quantitative estimate of drug-likeness (QED) is 0.134. The van der Waals surface area contributed by atoms with Crippen molar-refractivity contribution in [3.8, 4) is 11.8 Å². The second-order valence-electron chi connectivity index (χ2n) is 8.33. The Labute approximate surface area is 226 Å². The van der Waals surface area contributed by atoms with Gasteiger partial charge in [-0.25, -0.2) is 4.98 Å². The maximum absolute atomic E-state index is 12.7. The molecule has 1 amide bonds. The predicted octanol–water partition coefficient (Wildman–Crippen LogP) is 8.33. The number of ether oxygens (including phenoxy) is 1. The van der Waals surface area contributed by atoms with Gasteiger partial charge in [-0.1, -0.05) is 86.5 Å². The van der Waals surface area contributed by atoms with Gasteiger partial charge in [0.15, 0.2) is 5.13 Å². The lowest BCUT2D eigenvalue weighted by atomic mass is 10.1. The number of aromatic nitrogens is 1. The molecule has 0 bridgehead atoms. The zero-order chi connectivity index (χ0) is 25.8. The van der Waals surface area contributed by atoms with E-state index in [9.17, 15) is 10.1 Å². The number of rotatable bonds is 13. The van der Waals surface area contributed by atoms with E-state index in [1.54, 1.807) is 18.3 Å². The van der Waals surface area contributed by atoms with Crippen molar-refractivity contribution in [1.82, 2.24) is 4.98 Å². The molecule has 8 heteroatoms. The maximum Gasteiger partial charge on any atom is 0.268 e. The van der Waals surface area contributed by atoms with Gasteiger partial charge in [0.05, 0.1) is 16.7 Å². The Morgan fingerprint density at radius 3 is 2.61 bits per heavy atom. The molecule has 188 valence electrons. The number of thiazole rings is 1. The van der Waals surface area contributed by atoms with Gasteiger partial charge < -0.3 is 4.74 Å².